The van der Waals surface area contributed by atoms with Gasteiger partial charge in [-0.1, -0.05) is 0 Å². The Kier molecular flexibility index (Phi) is 2.41. The fourth-order valence-corrected chi connectivity index (χ4v) is 1.18. The molecule has 2 aromatic rings. The summed E-state index contributed by atoms with van der Waals surface area (Å²) >= 11 is 0. The molecule has 76 valence electrons. The molecule has 0 aliphatic rings. The van der Waals surface area contributed by atoms with Gasteiger partial charge in [0.25, 0.3) is 0 Å². The van der Waals surface area contributed by atoms with Crippen LogP contribution in [0, 0.1) is 19.7 Å². The van der Waals surface area contributed by atoms with Crippen LogP contribution in [0.4, 0.5) is 4.39 Å². The molecule has 4 heteroatoms. The lowest BCUT2D eigenvalue weighted by atomic mass is 10.2. The number of rotatable bonds is 1. The largest absolute Gasteiger partial charge is 0.230 e. The molecule has 0 N–H and O–H groups in total. The molecule has 0 unspecified atom stereocenters. The van der Waals surface area contributed by atoms with Crippen LogP contribution in [0.25, 0.3) is 11.4 Å². The van der Waals surface area contributed by atoms with Gasteiger partial charge in [-0.15, -0.1) is 5.10 Å². The molecule has 0 saturated heterocycles. The second kappa shape index (κ2) is 3.73. The SMILES string of the molecule is Cc1nnc(-c2ccc(F)cc2)nc1C. The van der Waals surface area contributed by atoms with Crippen molar-refractivity contribution in [2.24, 2.45) is 0 Å². The average molecular weight is 203 g/mol. The monoisotopic (exact) mass is 203 g/mol. The van der Waals surface area contributed by atoms with Crippen LogP contribution in [0.15, 0.2) is 24.3 Å². The molecule has 0 bridgehead atoms. The van der Waals surface area contributed by atoms with Gasteiger partial charge in [-0.25, -0.2) is 9.37 Å². The maximum absolute atomic E-state index is 12.7. The van der Waals surface area contributed by atoms with Gasteiger partial charge in [0.15, 0.2) is 5.82 Å². The predicted octanol–water partition coefficient (Wildman–Crippen LogP) is 2.29. The zero-order valence-corrected chi connectivity index (χ0v) is 8.53. The fourth-order valence-electron chi connectivity index (χ4n) is 1.18. The van der Waals surface area contributed by atoms with Crippen LogP contribution in [-0.2, 0) is 0 Å². The molecule has 0 aliphatic heterocycles. The van der Waals surface area contributed by atoms with E-state index in [1.165, 1.54) is 12.1 Å². The summed E-state index contributed by atoms with van der Waals surface area (Å²) in [4.78, 5) is 4.28. The van der Waals surface area contributed by atoms with Crippen LogP contribution in [-0.4, -0.2) is 15.2 Å². The van der Waals surface area contributed by atoms with Crippen molar-refractivity contribution in [2.75, 3.05) is 0 Å². The Morgan fingerprint density at radius 2 is 1.60 bits per heavy atom. The summed E-state index contributed by atoms with van der Waals surface area (Å²) in [5, 5.41) is 7.93. The Morgan fingerprint density at radius 3 is 2.20 bits per heavy atom. The van der Waals surface area contributed by atoms with Gasteiger partial charge in [0.05, 0.1) is 11.4 Å². The molecule has 15 heavy (non-hydrogen) atoms. The number of benzene rings is 1. The molecule has 0 aliphatic carbocycles. The highest BCUT2D eigenvalue weighted by molar-refractivity contribution is 5.54. The third-order valence-corrected chi connectivity index (χ3v) is 2.19. The number of hydrogen-bond acceptors (Lipinski definition) is 3. The summed E-state index contributed by atoms with van der Waals surface area (Å²) in [6.07, 6.45) is 0. The lowest BCUT2D eigenvalue weighted by molar-refractivity contribution is 0.628. The van der Waals surface area contributed by atoms with Gasteiger partial charge in [-0.3, -0.25) is 0 Å². The van der Waals surface area contributed by atoms with Crippen LogP contribution in [0.3, 0.4) is 0 Å². The van der Waals surface area contributed by atoms with Crippen molar-refractivity contribution in [1.82, 2.24) is 15.2 Å². The summed E-state index contributed by atoms with van der Waals surface area (Å²) < 4.78 is 12.7. The summed E-state index contributed by atoms with van der Waals surface area (Å²) in [6, 6.07) is 6.05. The maximum Gasteiger partial charge on any atom is 0.181 e. The predicted molar refractivity (Wildman–Crippen MR) is 54.7 cm³/mol. The molecule has 0 saturated carbocycles. The molecular formula is C11H10FN3. The molecule has 1 aromatic heterocycles. The van der Waals surface area contributed by atoms with Crippen LogP contribution < -0.4 is 0 Å². The minimum Gasteiger partial charge on any atom is -0.230 e. The Morgan fingerprint density at radius 1 is 0.933 bits per heavy atom. The van der Waals surface area contributed by atoms with Gasteiger partial charge in [0.2, 0.25) is 0 Å². The third-order valence-electron chi connectivity index (χ3n) is 2.19. The number of aryl methyl sites for hydroxylation is 2. The van der Waals surface area contributed by atoms with Gasteiger partial charge in [-0.05, 0) is 38.1 Å². The molecule has 1 heterocycles. The van der Waals surface area contributed by atoms with E-state index >= 15 is 0 Å². The van der Waals surface area contributed by atoms with Crippen LogP contribution in [0.2, 0.25) is 0 Å². The van der Waals surface area contributed by atoms with E-state index in [4.69, 9.17) is 0 Å². The molecule has 3 nitrogen and oxygen atoms in total. The van der Waals surface area contributed by atoms with Crippen LogP contribution >= 0.6 is 0 Å². The summed E-state index contributed by atoms with van der Waals surface area (Å²) in [7, 11) is 0. The minimum absolute atomic E-state index is 0.268. The van der Waals surface area contributed by atoms with E-state index < -0.39 is 0 Å². The number of nitrogens with zero attached hydrogens (tertiary/aromatic N) is 3. The van der Waals surface area contributed by atoms with Crippen LogP contribution in [0.1, 0.15) is 11.4 Å². The topological polar surface area (TPSA) is 38.7 Å². The normalized spacial score (nSPS) is 10.3. The molecule has 0 amide bonds. The van der Waals surface area contributed by atoms with Crippen molar-refractivity contribution in [3.05, 3.63) is 41.5 Å². The lowest BCUT2D eigenvalue weighted by Gasteiger charge is -2.01. The maximum atomic E-state index is 12.7. The molecule has 1 aromatic carbocycles. The quantitative estimate of drug-likeness (QED) is 0.713. The average Bonchev–Trinajstić information content (AvgIpc) is 2.23. The van der Waals surface area contributed by atoms with E-state index in [0.29, 0.717) is 5.82 Å². The summed E-state index contributed by atoms with van der Waals surface area (Å²) in [6.45, 7) is 3.72. The minimum atomic E-state index is -0.268. The number of hydrogen-bond donors (Lipinski definition) is 0. The Hall–Kier alpha value is -1.84. The first-order chi connectivity index (χ1) is 7.16. The van der Waals surface area contributed by atoms with E-state index in [9.17, 15) is 4.39 Å². The van der Waals surface area contributed by atoms with E-state index in [-0.39, 0.29) is 5.82 Å². The van der Waals surface area contributed by atoms with Gasteiger partial charge in [0, 0.05) is 5.56 Å². The molecular weight excluding hydrogens is 193 g/mol. The van der Waals surface area contributed by atoms with E-state index in [1.54, 1.807) is 12.1 Å². The first-order valence-electron chi connectivity index (χ1n) is 4.60. The molecule has 0 fully saturated rings. The van der Waals surface area contributed by atoms with Crippen molar-refractivity contribution in [3.63, 3.8) is 0 Å². The highest BCUT2D eigenvalue weighted by Gasteiger charge is 2.04. The fraction of sp³-hybridized carbons (Fsp3) is 0.182. The number of halogens is 1. The standard InChI is InChI=1S/C11H10FN3/c1-7-8(2)14-15-11(13-7)9-3-5-10(12)6-4-9/h3-6H,1-2H3. The second-order valence-corrected chi connectivity index (χ2v) is 3.31. The highest BCUT2D eigenvalue weighted by atomic mass is 19.1. The Labute approximate surface area is 87.0 Å². The third kappa shape index (κ3) is 1.98. The molecule has 0 spiro atoms. The molecule has 0 atom stereocenters. The zero-order valence-electron chi connectivity index (χ0n) is 8.53. The highest BCUT2D eigenvalue weighted by Crippen LogP contribution is 2.14. The van der Waals surface area contributed by atoms with Gasteiger partial charge >= 0.3 is 0 Å². The smallest absolute Gasteiger partial charge is 0.181 e. The van der Waals surface area contributed by atoms with Crippen molar-refractivity contribution in [1.29, 1.82) is 0 Å². The second-order valence-electron chi connectivity index (χ2n) is 3.31. The van der Waals surface area contributed by atoms with Gasteiger partial charge in [-0.2, -0.15) is 5.10 Å². The van der Waals surface area contributed by atoms with Crippen molar-refractivity contribution >= 4 is 0 Å². The van der Waals surface area contributed by atoms with E-state index in [1.807, 2.05) is 13.8 Å². The molecule has 2 rings (SSSR count). The van der Waals surface area contributed by atoms with Gasteiger partial charge < -0.3 is 0 Å². The van der Waals surface area contributed by atoms with E-state index in [0.717, 1.165) is 17.0 Å². The van der Waals surface area contributed by atoms with Gasteiger partial charge in [0.1, 0.15) is 5.82 Å². The van der Waals surface area contributed by atoms with Crippen LogP contribution in [0.5, 0.6) is 0 Å². The Bertz CT molecular complexity index is 480. The van der Waals surface area contributed by atoms with Crippen molar-refractivity contribution in [2.45, 2.75) is 13.8 Å². The Balaban J connectivity index is 2.45. The molecule has 0 radical (unpaired) electrons. The zero-order chi connectivity index (χ0) is 10.8. The van der Waals surface area contributed by atoms with E-state index in [2.05, 4.69) is 15.2 Å². The number of aromatic nitrogens is 3. The van der Waals surface area contributed by atoms with Crippen molar-refractivity contribution < 1.29 is 4.39 Å². The first kappa shape index (κ1) is 9.71. The first-order valence-corrected chi connectivity index (χ1v) is 4.60. The lowest BCUT2D eigenvalue weighted by Crippen LogP contribution is -1.98. The summed E-state index contributed by atoms with van der Waals surface area (Å²) in [5.74, 6) is 0.258. The summed E-state index contributed by atoms with van der Waals surface area (Å²) in [5.41, 5.74) is 2.41. The van der Waals surface area contributed by atoms with Crippen molar-refractivity contribution in [3.8, 4) is 11.4 Å².